The van der Waals surface area contributed by atoms with Crippen LogP contribution in [0.5, 0.6) is 0 Å². The van der Waals surface area contributed by atoms with E-state index in [1.807, 2.05) is 0 Å². The van der Waals surface area contributed by atoms with Gasteiger partial charge in [0.1, 0.15) is 11.6 Å². The summed E-state index contributed by atoms with van der Waals surface area (Å²) in [5, 5.41) is 0. The van der Waals surface area contributed by atoms with E-state index in [0.29, 0.717) is 5.82 Å². The Hall–Kier alpha value is -1.93. The van der Waals surface area contributed by atoms with E-state index >= 15 is 0 Å². The largest absolute Gasteiger partial charge is 0.396 e. The molecule has 0 aliphatic heterocycles. The first kappa shape index (κ1) is 14.5. The molecule has 1 heterocycles. The van der Waals surface area contributed by atoms with Crippen LogP contribution in [0.4, 0.5) is 10.1 Å². The van der Waals surface area contributed by atoms with Crippen LogP contribution < -0.4 is 10.5 Å². The number of hydrogen-bond donors (Lipinski definition) is 2. The van der Waals surface area contributed by atoms with E-state index < -0.39 is 15.8 Å². The van der Waals surface area contributed by atoms with Crippen molar-refractivity contribution in [3.05, 3.63) is 41.7 Å². The van der Waals surface area contributed by atoms with E-state index in [1.54, 1.807) is 24.0 Å². The van der Waals surface area contributed by atoms with Gasteiger partial charge in [0.25, 0.3) is 0 Å². The third-order valence-electron chi connectivity index (χ3n) is 2.91. The van der Waals surface area contributed by atoms with Gasteiger partial charge in [-0.25, -0.2) is 22.5 Å². The molecule has 0 saturated carbocycles. The fourth-order valence-corrected chi connectivity index (χ4v) is 2.83. The number of benzene rings is 1. The molecule has 8 heteroatoms. The lowest BCUT2D eigenvalue weighted by Gasteiger charge is -2.09. The molecule has 0 fully saturated rings. The number of hydrogen-bond acceptors (Lipinski definition) is 4. The van der Waals surface area contributed by atoms with Crippen molar-refractivity contribution in [2.45, 2.75) is 18.4 Å². The Kier molecular flexibility index (Phi) is 3.78. The number of nitrogens with one attached hydrogen (secondary N) is 1. The minimum absolute atomic E-state index is 0.0438. The number of halogens is 1. The average molecular weight is 298 g/mol. The molecule has 20 heavy (non-hydrogen) atoms. The summed E-state index contributed by atoms with van der Waals surface area (Å²) in [4.78, 5) is 3.95. The highest BCUT2D eigenvalue weighted by molar-refractivity contribution is 7.89. The van der Waals surface area contributed by atoms with Crippen LogP contribution >= 0.6 is 0 Å². The Morgan fingerprint density at radius 3 is 2.70 bits per heavy atom. The molecular weight excluding hydrogens is 283 g/mol. The van der Waals surface area contributed by atoms with E-state index in [9.17, 15) is 12.8 Å². The summed E-state index contributed by atoms with van der Waals surface area (Å²) in [7, 11) is -2.00. The number of rotatable bonds is 4. The van der Waals surface area contributed by atoms with E-state index in [4.69, 9.17) is 5.73 Å². The highest BCUT2D eigenvalue weighted by Gasteiger charge is 2.17. The zero-order chi connectivity index (χ0) is 14.9. The summed E-state index contributed by atoms with van der Waals surface area (Å²) in [5.74, 6) is -0.0339. The number of nitrogens with zero attached hydrogens (tertiary/aromatic N) is 2. The van der Waals surface area contributed by atoms with Gasteiger partial charge in [0.2, 0.25) is 10.0 Å². The summed E-state index contributed by atoms with van der Waals surface area (Å²) in [6.07, 6.45) is 3.29. The topological polar surface area (TPSA) is 90.0 Å². The van der Waals surface area contributed by atoms with E-state index in [2.05, 4.69) is 9.71 Å². The summed E-state index contributed by atoms with van der Waals surface area (Å²) < 4.78 is 41.8. The quantitative estimate of drug-likeness (QED) is 0.822. The molecule has 0 radical (unpaired) electrons. The first-order chi connectivity index (χ1) is 9.31. The van der Waals surface area contributed by atoms with Crippen molar-refractivity contribution in [1.82, 2.24) is 14.3 Å². The van der Waals surface area contributed by atoms with Crippen molar-refractivity contribution < 1.29 is 12.8 Å². The lowest BCUT2D eigenvalue weighted by Crippen LogP contribution is -2.25. The van der Waals surface area contributed by atoms with Gasteiger partial charge in [0.05, 0.1) is 17.1 Å². The minimum Gasteiger partial charge on any atom is -0.396 e. The van der Waals surface area contributed by atoms with Gasteiger partial charge in [-0.3, -0.25) is 0 Å². The summed E-state index contributed by atoms with van der Waals surface area (Å²) in [5.41, 5.74) is 5.44. The highest BCUT2D eigenvalue weighted by atomic mass is 32.2. The molecule has 0 aliphatic carbocycles. The molecule has 1 aromatic heterocycles. The predicted molar refractivity (Wildman–Crippen MR) is 72.8 cm³/mol. The van der Waals surface area contributed by atoms with E-state index in [0.717, 1.165) is 6.07 Å². The number of anilines is 1. The molecule has 2 aromatic rings. The van der Waals surface area contributed by atoms with E-state index in [-0.39, 0.29) is 22.7 Å². The van der Waals surface area contributed by atoms with Crippen molar-refractivity contribution in [2.24, 2.45) is 7.05 Å². The Labute approximate surface area is 116 Å². The Morgan fingerprint density at radius 1 is 1.45 bits per heavy atom. The Bertz CT molecular complexity index is 717. The van der Waals surface area contributed by atoms with Crippen LogP contribution in [0.25, 0.3) is 0 Å². The smallest absolute Gasteiger partial charge is 0.241 e. The predicted octanol–water partition coefficient (Wildman–Crippen LogP) is 0.928. The summed E-state index contributed by atoms with van der Waals surface area (Å²) in [6.45, 7) is 1.51. The normalized spacial score (nSPS) is 11.8. The molecule has 0 amide bonds. The van der Waals surface area contributed by atoms with Crippen LogP contribution in [0.15, 0.2) is 29.4 Å². The lowest BCUT2D eigenvalue weighted by molar-refractivity contribution is 0.576. The SMILES string of the molecule is Cc1cc(S(=O)(=O)NCc2nccn2C)cc(N)c1F. The zero-order valence-electron chi connectivity index (χ0n) is 11.1. The maximum atomic E-state index is 13.4. The molecule has 0 bridgehead atoms. The lowest BCUT2D eigenvalue weighted by atomic mass is 10.2. The molecule has 3 N–H and O–H groups in total. The van der Waals surface area contributed by atoms with Gasteiger partial charge in [-0.05, 0) is 24.6 Å². The second-order valence-electron chi connectivity index (χ2n) is 4.42. The fraction of sp³-hybridized carbons (Fsp3) is 0.250. The number of aryl methyl sites for hydroxylation is 2. The molecule has 0 atom stereocenters. The van der Waals surface area contributed by atoms with Gasteiger partial charge < -0.3 is 10.3 Å². The molecule has 108 valence electrons. The molecule has 0 spiro atoms. The maximum absolute atomic E-state index is 13.4. The van der Waals surface area contributed by atoms with Crippen LogP contribution in [0.3, 0.4) is 0 Å². The first-order valence-electron chi connectivity index (χ1n) is 5.83. The molecule has 0 unspecified atom stereocenters. The number of sulfonamides is 1. The molecule has 1 aromatic carbocycles. The Morgan fingerprint density at radius 2 is 2.15 bits per heavy atom. The second kappa shape index (κ2) is 5.22. The van der Waals surface area contributed by atoms with E-state index in [1.165, 1.54) is 13.0 Å². The van der Waals surface area contributed by atoms with Gasteiger partial charge in [-0.1, -0.05) is 0 Å². The fourth-order valence-electron chi connectivity index (χ4n) is 1.73. The number of aromatic nitrogens is 2. The Balaban J connectivity index is 2.25. The van der Waals surface area contributed by atoms with Crippen molar-refractivity contribution in [3.8, 4) is 0 Å². The molecule has 6 nitrogen and oxygen atoms in total. The van der Waals surface area contributed by atoms with Crippen LogP contribution in [0.2, 0.25) is 0 Å². The van der Waals surface area contributed by atoms with Gasteiger partial charge >= 0.3 is 0 Å². The van der Waals surface area contributed by atoms with Crippen molar-refractivity contribution in [2.75, 3.05) is 5.73 Å². The number of imidazole rings is 1. The molecule has 0 saturated heterocycles. The van der Waals surface area contributed by atoms with Crippen molar-refractivity contribution >= 4 is 15.7 Å². The van der Waals surface area contributed by atoms with Gasteiger partial charge in [0.15, 0.2) is 0 Å². The maximum Gasteiger partial charge on any atom is 0.241 e. The monoisotopic (exact) mass is 298 g/mol. The van der Waals surface area contributed by atoms with Crippen LogP contribution in [0.1, 0.15) is 11.4 Å². The standard InChI is InChI=1S/C12H15FN4O2S/c1-8-5-9(6-10(14)12(8)13)20(18,19)16-7-11-15-3-4-17(11)2/h3-6,16H,7,14H2,1-2H3. The van der Waals surface area contributed by atoms with Crippen molar-refractivity contribution in [3.63, 3.8) is 0 Å². The first-order valence-corrected chi connectivity index (χ1v) is 7.31. The van der Waals surface area contributed by atoms with Crippen molar-refractivity contribution in [1.29, 1.82) is 0 Å². The van der Waals surface area contributed by atoms with Gasteiger partial charge in [-0.2, -0.15) is 0 Å². The second-order valence-corrected chi connectivity index (χ2v) is 6.19. The highest BCUT2D eigenvalue weighted by Crippen LogP contribution is 2.20. The summed E-state index contributed by atoms with van der Waals surface area (Å²) in [6, 6.07) is 2.34. The third-order valence-corrected chi connectivity index (χ3v) is 4.29. The number of nitrogens with two attached hydrogens (primary N) is 1. The average Bonchev–Trinajstić information content (AvgIpc) is 2.78. The summed E-state index contributed by atoms with van der Waals surface area (Å²) >= 11 is 0. The number of nitrogen functional groups attached to an aromatic ring is 1. The van der Waals surface area contributed by atoms with Crippen LogP contribution in [-0.2, 0) is 23.6 Å². The van der Waals surface area contributed by atoms with Gasteiger partial charge in [0, 0.05) is 19.4 Å². The zero-order valence-corrected chi connectivity index (χ0v) is 11.9. The minimum atomic E-state index is -3.76. The third kappa shape index (κ3) is 2.81. The van der Waals surface area contributed by atoms with Crippen LogP contribution in [-0.4, -0.2) is 18.0 Å². The van der Waals surface area contributed by atoms with Crippen LogP contribution in [0, 0.1) is 12.7 Å². The van der Waals surface area contributed by atoms with Gasteiger partial charge in [-0.15, -0.1) is 0 Å². The molecule has 2 rings (SSSR count). The molecular formula is C12H15FN4O2S. The molecule has 0 aliphatic rings.